The largest absolute Gasteiger partial charge is 0.482 e. The number of benzene rings is 2. The van der Waals surface area contributed by atoms with Gasteiger partial charge in [0.2, 0.25) is 0 Å². The molecule has 6 nitrogen and oxygen atoms in total. The number of hydrogen-bond donors (Lipinski definition) is 1. The summed E-state index contributed by atoms with van der Waals surface area (Å²) in [6.45, 7) is 3.47. The van der Waals surface area contributed by atoms with Crippen molar-refractivity contribution in [1.82, 2.24) is 0 Å². The molecule has 0 saturated carbocycles. The van der Waals surface area contributed by atoms with E-state index in [1.165, 1.54) is 4.31 Å². The zero-order valence-corrected chi connectivity index (χ0v) is 14.3. The molecule has 0 saturated heterocycles. The first kappa shape index (κ1) is 17.8. The summed E-state index contributed by atoms with van der Waals surface area (Å²) < 4.78 is 31.9. The van der Waals surface area contributed by atoms with Crippen LogP contribution in [0.2, 0.25) is 0 Å². The molecular weight excluding hydrogens is 330 g/mol. The summed E-state index contributed by atoms with van der Waals surface area (Å²) in [4.78, 5) is 10.7. The summed E-state index contributed by atoms with van der Waals surface area (Å²) >= 11 is 0. The molecule has 0 bridgehead atoms. The summed E-state index contributed by atoms with van der Waals surface area (Å²) in [6.07, 6.45) is 0. The van der Waals surface area contributed by atoms with E-state index in [9.17, 15) is 13.2 Å². The van der Waals surface area contributed by atoms with E-state index < -0.39 is 22.6 Å². The molecule has 0 aromatic heterocycles. The lowest BCUT2D eigenvalue weighted by Crippen LogP contribution is -2.30. The van der Waals surface area contributed by atoms with Gasteiger partial charge in [-0.2, -0.15) is 0 Å². The van der Waals surface area contributed by atoms with Crippen molar-refractivity contribution >= 4 is 21.7 Å². The average molecular weight is 349 g/mol. The molecule has 0 amide bonds. The quantitative estimate of drug-likeness (QED) is 0.831. The van der Waals surface area contributed by atoms with Gasteiger partial charge in [-0.15, -0.1) is 0 Å². The van der Waals surface area contributed by atoms with Crippen LogP contribution in [-0.4, -0.2) is 32.6 Å². The highest BCUT2D eigenvalue weighted by Gasteiger charge is 2.23. The molecule has 0 fully saturated rings. The molecule has 24 heavy (non-hydrogen) atoms. The number of carboxylic acids is 1. The third kappa shape index (κ3) is 4.05. The van der Waals surface area contributed by atoms with Crippen LogP contribution in [0.3, 0.4) is 0 Å². The third-order valence-corrected chi connectivity index (χ3v) is 5.30. The number of sulfonamides is 1. The van der Waals surface area contributed by atoms with Gasteiger partial charge in [0.25, 0.3) is 10.0 Å². The molecule has 0 heterocycles. The van der Waals surface area contributed by atoms with Crippen LogP contribution < -0.4 is 9.04 Å². The average Bonchev–Trinajstić information content (AvgIpc) is 2.55. The minimum Gasteiger partial charge on any atom is -0.482 e. The number of hydrogen-bond acceptors (Lipinski definition) is 4. The van der Waals surface area contributed by atoms with E-state index in [4.69, 9.17) is 9.84 Å². The first-order valence-electron chi connectivity index (χ1n) is 7.38. The smallest absolute Gasteiger partial charge is 0.341 e. The Labute approximate surface area is 141 Å². The summed E-state index contributed by atoms with van der Waals surface area (Å²) in [5.41, 5.74) is 1.47. The number of nitrogens with zero attached hydrogens (tertiary/aromatic N) is 1. The van der Waals surface area contributed by atoms with Crippen LogP contribution in [0.1, 0.15) is 12.5 Å². The van der Waals surface area contributed by atoms with Gasteiger partial charge in [-0.25, -0.2) is 13.2 Å². The van der Waals surface area contributed by atoms with Crippen molar-refractivity contribution in [2.75, 3.05) is 17.5 Å². The van der Waals surface area contributed by atoms with Crippen LogP contribution in [0.4, 0.5) is 5.69 Å². The maximum atomic E-state index is 12.8. The molecule has 2 rings (SSSR count). The van der Waals surface area contributed by atoms with Gasteiger partial charge in [0.15, 0.2) is 6.61 Å². The van der Waals surface area contributed by atoms with Crippen LogP contribution >= 0.6 is 0 Å². The zero-order chi connectivity index (χ0) is 17.7. The van der Waals surface area contributed by atoms with E-state index in [2.05, 4.69) is 0 Å². The van der Waals surface area contributed by atoms with E-state index in [1.54, 1.807) is 55.5 Å². The van der Waals surface area contributed by atoms with E-state index in [-0.39, 0.29) is 11.4 Å². The second-order valence-corrected chi connectivity index (χ2v) is 7.02. The Morgan fingerprint density at radius 3 is 2.17 bits per heavy atom. The Kier molecular flexibility index (Phi) is 5.46. The second-order valence-electron chi connectivity index (χ2n) is 5.16. The molecule has 0 aliphatic heterocycles. The van der Waals surface area contributed by atoms with E-state index in [0.29, 0.717) is 11.4 Å². The van der Waals surface area contributed by atoms with Gasteiger partial charge in [0.05, 0.1) is 10.6 Å². The van der Waals surface area contributed by atoms with Crippen molar-refractivity contribution in [2.45, 2.75) is 18.7 Å². The van der Waals surface area contributed by atoms with Crippen molar-refractivity contribution in [3.05, 3.63) is 54.1 Å². The third-order valence-electron chi connectivity index (χ3n) is 3.38. The lowest BCUT2D eigenvalue weighted by Gasteiger charge is -2.23. The lowest BCUT2D eigenvalue weighted by atomic mass is 10.2. The topological polar surface area (TPSA) is 83.9 Å². The van der Waals surface area contributed by atoms with Gasteiger partial charge < -0.3 is 9.84 Å². The maximum Gasteiger partial charge on any atom is 0.341 e. The first-order valence-corrected chi connectivity index (χ1v) is 8.82. The number of aliphatic carboxylic acids is 1. The summed E-state index contributed by atoms with van der Waals surface area (Å²) in [7, 11) is -3.66. The van der Waals surface area contributed by atoms with Crippen LogP contribution in [-0.2, 0) is 14.8 Å². The van der Waals surface area contributed by atoms with Gasteiger partial charge in [0.1, 0.15) is 5.75 Å². The molecule has 2 aromatic carbocycles. The van der Waals surface area contributed by atoms with Crippen molar-refractivity contribution in [2.24, 2.45) is 0 Å². The number of rotatable bonds is 7. The number of carboxylic acid groups (broad SMARTS) is 1. The normalized spacial score (nSPS) is 11.1. The molecule has 0 unspecified atom stereocenters. The van der Waals surface area contributed by atoms with Gasteiger partial charge in [-0.3, -0.25) is 4.31 Å². The molecule has 7 heteroatoms. The predicted molar refractivity (Wildman–Crippen MR) is 91.0 cm³/mol. The lowest BCUT2D eigenvalue weighted by molar-refractivity contribution is -0.139. The van der Waals surface area contributed by atoms with Crippen LogP contribution in [0.15, 0.2) is 53.4 Å². The van der Waals surface area contributed by atoms with E-state index >= 15 is 0 Å². The van der Waals surface area contributed by atoms with Crippen molar-refractivity contribution in [1.29, 1.82) is 0 Å². The fraction of sp³-hybridized carbons (Fsp3) is 0.235. The van der Waals surface area contributed by atoms with Crippen molar-refractivity contribution in [3.8, 4) is 5.75 Å². The Morgan fingerprint density at radius 1 is 1.08 bits per heavy atom. The van der Waals surface area contributed by atoms with Gasteiger partial charge in [-0.1, -0.05) is 17.7 Å². The minimum absolute atomic E-state index is 0.223. The Hall–Kier alpha value is -2.54. The fourth-order valence-corrected chi connectivity index (χ4v) is 3.66. The van der Waals surface area contributed by atoms with E-state index in [1.807, 2.05) is 6.92 Å². The van der Waals surface area contributed by atoms with Gasteiger partial charge >= 0.3 is 5.97 Å². The highest BCUT2D eigenvalue weighted by molar-refractivity contribution is 7.92. The number of aryl methyl sites for hydroxylation is 1. The monoisotopic (exact) mass is 349 g/mol. The standard InChI is InChI=1S/C17H19NO5S/c1-3-18(24(21,22)16-10-4-13(2)5-11-16)14-6-8-15(9-7-14)23-12-17(19)20/h4-11H,3,12H2,1-2H3,(H,19,20). The number of ether oxygens (including phenoxy) is 1. The number of anilines is 1. The Morgan fingerprint density at radius 2 is 1.67 bits per heavy atom. The maximum absolute atomic E-state index is 12.8. The molecular formula is C17H19NO5S. The molecule has 0 radical (unpaired) electrons. The van der Waals surface area contributed by atoms with Gasteiger partial charge in [-0.05, 0) is 50.2 Å². The second kappa shape index (κ2) is 7.35. The summed E-state index contributed by atoms with van der Waals surface area (Å²) in [5.74, 6) is -0.707. The van der Waals surface area contributed by atoms with Crippen molar-refractivity contribution in [3.63, 3.8) is 0 Å². The number of carbonyl (C=O) groups is 1. The highest BCUT2D eigenvalue weighted by atomic mass is 32.2. The minimum atomic E-state index is -3.66. The highest BCUT2D eigenvalue weighted by Crippen LogP contribution is 2.25. The zero-order valence-electron chi connectivity index (χ0n) is 13.5. The summed E-state index contributed by atoms with van der Waals surface area (Å²) in [5, 5.41) is 8.60. The molecule has 0 spiro atoms. The molecule has 1 N–H and O–H groups in total. The predicted octanol–water partition coefficient (Wildman–Crippen LogP) is 2.67. The Bertz CT molecular complexity index is 798. The van der Waals surface area contributed by atoms with Crippen LogP contribution in [0.25, 0.3) is 0 Å². The Balaban J connectivity index is 2.27. The molecule has 0 aliphatic rings. The SMILES string of the molecule is CCN(c1ccc(OCC(=O)O)cc1)S(=O)(=O)c1ccc(C)cc1. The van der Waals surface area contributed by atoms with Crippen molar-refractivity contribution < 1.29 is 23.1 Å². The molecule has 0 atom stereocenters. The molecule has 128 valence electrons. The molecule has 2 aromatic rings. The van der Waals surface area contributed by atoms with E-state index in [0.717, 1.165) is 5.56 Å². The summed E-state index contributed by atoms with van der Waals surface area (Å²) in [6, 6.07) is 12.9. The molecule has 0 aliphatic carbocycles. The van der Waals surface area contributed by atoms with Gasteiger partial charge in [0, 0.05) is 6.54 Å². The van der Waals surface area contributed by atoms with Crippen LogP contribution in [0.5, 0.6) is 5.75 Å². The fourth-order valence-electron chi connectivity index (χ4n) is 2.18. The van der Waals surface area contributed by atoms with Crippen LogP contribution in [0, 0.1) is 6.92 Å². The first-order chi connectivity index (χ1) is 11.3.